The molecule has 4 N–H and O–H groups in total. The summed E-state index contributed by atoms with van der Waals surface area (Å²) in [5, 5.41) is 12.0. The molecule has 0 saturated carbocycles. The van der Waals surface area contributed by atoms with Crippen LogP contribution in [0.5, 0.6) is 0 Å². The largest absolute Gasteiger partial charge is 0.355 e. The van der Waals surface area contributed by atoms with Crippen LogP contribution in [0.2, 0.25) is 0 Å². The lowest BCUT2D eigenvalue weighted by atomic mass is 9.78. The van der Waals surface area contributed by atoms with Gasteiger partial charge in [-0.05, 0) is 57.2 Å². The number of carbonyl (C=O) groups excluding carboxylic acids is 2. The zero-order chi connectivity index (χ0) is 25.5. The summed E-state index contributed by atoms with van der Waals surface area (Å²) in [6, 6.07) is 7.23. The maximum atomic E-state index is 13.5. The van der Waals surface area contributed by atoms with Crippen molar-refractivity contribution in [1.82, 2.24) is 26.4 Å². The van der Waals surface area contributed by atoms with E-state index >= 15 is 0 Å². The predicted molar refractivity (Wildman–Crippen MR) is 134 cm³/mol. The molecule has 35 heavy (non-hydrogen) atoms. The van der Waals surface area contributed by atoms with E-state index in [9.17, 15) is 18.0 Å². The van der Waals surface area contributed by atoms with Crippen molar-refractivity contribution in [2.24, 2.45) is 23.7 Å². The Morgan fingerprint density at radius 3 is 2.46 bits per heavy atom. The van der Waals surface area contributed by atoms with Crippen molar-refractivity contribution < 1.29 is 18.0 Å². The van der Waals surface area contributed by atoms with E-state index < -0.39 is 9.84 Å². The Morgan fingerprint density at radius 1 is 1.17 bits per heavy atom. The van der Waals surface area contributed by atoms with Gasteiger partial charge in [-0.1, -0.05) is 19.1 Å². The number of sulfone groups is 1. The number of hydrogen-bond acceptors (Lipinski definition) is 7. The lowest BCUT2D eigenvalue weighted by molar-refractivity contribution is -0.132. The molecule has 4 rings (SSSR count). The molecule has 1 aromatic rings. The number of fused-ring (bicyclic) bond motifs is 1. The minimum Gasteiger partial charge on any atom is -0.355 e. The minimum atomic E-state index is -3.27. The second kappa shape index (κ2) is 10.2. The molecule has 0 spiro atoms. The number of carbonyl (C=O) groups is 2. The molecule has 3 saturated heterocycles. The zero-order valence-electron chi connectivity index (χ0n) is 21.2. The van der Waals surface area contributed by atoms with Crippen molar-refractivity contribution in [3.05, 3.63) is 29.8 Å². The number of benzene rings is 1. The molecule has 3 aliphatic heterocycles. The number of hydrazine groups is 1. The molecule has 3 fully saturated rings. The Hall–Kier alpha value is -2.01. The smallest absolute Gasteiger partial charge is 0.225 e. The van der Waals surface area contributed by atoms with Crippen molar-refractivity contribution in [1.29, 1.82) is 0 Å². The predicted octanol–water partition coefficient (Wildman–Crippen LogP) is 1.19. The Balaban J connectivity index is 1.52. The van der Waals surface area contributed by atoms with Crippen molar-refractivity contribution >= 4 is 21.7 Å². The third kappa shape index (κ3) is 5.55. The molecule has 0 radical (unpaired) electrons. The second-order valence-corrected chi connectivity index (χ2v) is 12.9. The summed E-state index contributed by atoms with van der Waals surface area (Å²) in [6.07, 6.45) is 2.67. The fourth-order valence-electron chi connectivity index (χ4n) is 5.91. The normalized spacial score (nSPS) is 33.9. The molecule has 7 unspecified atom stereocenters. The van der Waals surface area contributed by atoms with Crippen molar-refractivity contribution in [2.75, 3.05) is 19.3 Å². The Labute approximate surface area is 208 Å². The maximum absolute atomic E-state index is 13.5. The minimum absolute atomic E-state index is 0.0112. The van der Waals surface area contributed by atoms with Gasteiger partial charge in [0.25, 0.3) is 0 Å². The summed E-state index contributed by atoms with van der Waals surface area (Å²) < 4.78 is 23.8. The van der Waals surface area contributed by atoms with E-state index in [1.807, 2.05) is 19.1 Å². The van der Waals surface area contributed by atoms with Gasteiger partial charge in [0.05, 0.1) is 17.0 Å². The fraction of sp³-hybridized carbons (Fsp3) is 0.680. The first-order valence-electron chi connectivity index (χ1n) is 12.6. The van der Waals surface area contributed by atoms with E-state index in [-0.39, 0.29) is 64.7 Å². The van der Waals surface area contributed by atoms with Gasteiger partial charge in [-0.3, -0.25) is 20.3 Å². The summed E-state index contributed by atoms with van der Waals surface area (Å²) in [4.78, 5) is 26.3. The number of piperidine rings is 2. The summed E-state index contributed by atoms with van der Waals surface area (Å²) in [5.74, 6) is -0.173. The SMILES string of the molecule is CC1CC(C)C(CNC(=O)C2CC(c3ccc(S(C)(=O)=O)cc3)NC3C2CNN3C(C)C)C(=O)N1. The molecule has 7 atom stereocenters. The van der Waals surface area contributed by atoms with E-state index in [0.29, 0.717) is 19.5 Å². The van der Waals surface area contributed by atoms with Gasteiger partial charge in [-0.25, -0.2) is 13.4 Å². The Morgan fingerprint density at radius 2 is 1.86 bits per heavy atom. The standard InChI is InChI=1S/C25H39N5O4S/c1-14(2)30-23-21(13-27-30)19(24(31)26-12-20-15(3)10-16(4)28-25(20)32)11-22(29-23)17-6-8-18(9-7-17)35(5,33)34/h6-9,14-16,19-23,27,29H,10-13H2,1-5H3,(H,26,31)(H,28,32). The molecule has 3 heterocycles. The average molecular weight is 506 g/mol. The number of nitrogens with one attached hydrogen (secondary N) is 4. The number of hydrogen-bond donors (Lipinski definition) is 4. The molecule has 9 nitrogen and oxygen atoms in total. The summed E-state index contributed by atoms with van der Waals surface area (Å²) in [6.45, 7) is 9.35. The highest BCUT2D eigenvalue weighted by molar-refractivity contribution is 7.90. The third-order valence-corrected chi connectivity index (χ3v) is 8.96. The third-order valence-electron chi connectivity index (χ3n) is 7.83. The van der Waals surface area contributed by atoms with E-state index in [2.05, 4.69) is 47.2 Å². The van der Waals surface area contributed by atoms with Crippen LogP contribution in [0.25, 0.3) is 0 Å². The van der Waals surface area contributed by atoms with Crippen molar-refractivity contribution in [3.8, 4) is 0 Å². The van der Waals surface area contributed by atoms with Crippen LogP contribution in [0.4, 0.5) is 0 Å². The lowest BCUT2D eigenvalue weighted by Gasteiger charge is -2.42. The molecule has 2 amide bonds. The van der Waals surface area contributed by atoms with Gasteiger partial charge in [0, 0.05) is 49.3 Å². The van der Waals surface area contributed by atoms with Gasteiger partial charge in [0.2, 0.25) is 11.8 Å². The number of amides is 2. The summed E-state index contributed by atoms with van der Waals surface area (Å²) >= 11 is 0. The van der Waals surface area contributed by atoms with Gasteiger partial charge in [0.15, 0.2) is 9.84 Å². The molecule has 0 aliphatic carbocycles. The first-order valence-corrected chi connectivity index (χ1v) is 14.5. The first-order chi connectivity index (χ1) is 16.5. The first kappa shape index (κ1) is 26.1. The van der Waals surface area contributed by atoms with Crippen LogP contribution in [0, 0.1) is 23.7 Å². The number of nitrogens with zero attached hydrogens (tertiary/aromatic N) is 1. The van der Waals surface area contributed by atoms with Gasteiger partial charge in [-0.15, -0.1) is 0 Å². The molecular weight excluding hydrogens is 466 g/mol. The fourth-order valence-corrected chi connectivity index (χ4v) is 6.54. The summed E-state index contributed by atoms with van der Waals surface area (Å²) in [7, 11) is -3.27. The second-order valence-electron chi connectivity index (χ2n) is 10.8. The Bertz CT molecular complexity index is 1040. The van der Waals surface area contributed by atoms with Crippen LogP contribution in [-0.4, -0.2) is 62.8 Å². The van der Waals surface area contributed by atoms with Crippen molar-refractivity contribution in [3.63, 3.8) is 0 Å². The Kier molecular flexibility index (Phi) is 7.57. The van der Waals surface area contributed by atoms with Crippen LogP contribution in [-0.2, 0) is 19.4 Å². The van der Waals surface area contributed by atoms with Gasteiger partial charge in [-0.2, -0.15) is 0 Å². The van der Waals surface area contributed by atoms with E-state index in [4.69, 9.17) is 0 Å². The van der Waals surface area contributed by atoms with Crippen LogP contribution in [0.15, 0.2) is 29.2 Å². The molecule has 10 heteroatoms. The highest BCUT2D eigenvalue weighted by Gasteiger charge is 2.48. The van der Waals surface area contributed by atoms with Crippen molar-refractivity contribution in [2.45, 2.75) is 69.7 Å². The maximum Gasteiger partial charge on any atom is 0.225 e. The average Bonchev–Trinajstić information content (AvgIpc) is 3.21. The topological polar surface area (TPSA) is 120 Å². The van der Waals surface area contributed by atoms with Crippen LogP contribution in [0.3, 0.4) is 0 Å². The lowest BCUT2D eigenvalue weighted by Crippen LogP contribution is -2.58. The van der Waals surface area contributed by atoms with Gasteiger partial charge in [0.1, 0.15) is 0 Å². The van der Waals surface area contributed by atoms with E-state index in [1.54, 1.807) is 12.1 Å². The van der Waals surface area contributed by atoms with Gasteiger partial charge >= 0.3 is 0 Å². The highest BCUT2D eigenvalue weighted by atomic mass is 32.2. The van der Waals surface area contributed by atoms with E-state index in [0.717, 1.165) is 12.0 Å². The van der Waals surface area contributed by atoms with Crippen LogP contribution >= 0.6 is 0 Å². The quantitative estimate of drug-likeness (QED) is 0.458. The number of rotatable bonds is 6. The molecular formula is C25H39N5O4S. The molecule has 1 aromatic carbocycles. The zero-order valence-corrected chi connectivity index (χ0v) is 22.1. The van der Waals surface area contributed by atoms with Crippen LogP contribution < -0.4 is 21.4 Å². The monoisotopic (exact) mass is 505 g/mol. The summed E-state index contributed by atoms with van der Waals surface area (Å²) in [5.41, 5.74) is 4.41. The van der Waals surface area contributed by atoms with E-state index in [1.165, 1.54) is 6.26 Å². The molecule has 0 aromatic heterocycles. The van der Waals surface area contributed by atoms with Gasteiger partial charge < -0.3 is 10.6 Å². The molecule has 0 bridgehead atoms. The molecule has 3 aliphatic rings. The van der Waals surface area contributed by atoms with Crippen LogP contribution in [0.1, 0.15) is 52.1 Å². The highest BCUT2D eigenvalue weighted by Crippen LogP contribution is 2.38. The molecule has 194 valence electrons.